The fourth-order valence-corrected chi connectivity index (χ4v) is 1.11. The highest BCUT2D eigenvalue weighted by Crippen LogP contribution is 2.13. The highest BCUT2D eigenvalue weighted by molar-refractivity contribution is 5.77. The van der Waals surface area contributed by atoms with Gasteiger partial charge in [-0.25, -0.2) is 4.39 Å². The minimum Gasteiger partial charge on any atom is -0.491 e. The first-order valence-corrected chi connectivity index (χ1v) is 4.76. The number of hydrogen-bond acceptors (Lipinski definition) is 2. The number of benzene rings is 1. The van der Waals surface area contributed by atoms with Gasteiger partial charge in [0.1, 0.15) is 19.0 Å². The number of nitrogens with two attached hydrogens (primary N) is 1. The van der Waals surface area contributed by atoms with Crippen LogP contribution in [-0.4, -0.2) is 19.1 Å². The monoisotopic (exact) mass is 209 g/mol. The molecule has 0 heterocycles. The molecular weight excluding hydrogens is 194 g/mol. The highest BCUT2D eigenvalue weighted by atomic mass is 18.2. The third kappa shape index (κ3) is 4.44. The molecule has 0 saturated heterocycles. The molecule has 0 saturated carbocycles. The van der Waals surface area contributed by atoms with Crippen LogP contribution in [0.4, 0.5) is 4.39 Å². The molecule has 0 atom stereocenters. The molecule has 0 aliphatic rings. The van der Waals surface area contributed by atoms with Gasteiger partial charge in [-0.15, -0.1) is 0 Å². The maximum Gasteiger partial charge on any atom is 0.123 e. The molecular formula is C11H15FN2O. The van der Waals surface area contributed by atoms with E-state index in [4.69, 9.17) is 10.5 Å². The number of hydrogen-bond donors (Lipinski definition) is 1. The summed E-state index contributed by atoms with van der Waals surface area (Å²) in [7, 11) is 0. The van der Waals surface area contributed by atoms with Crippen molar-refractivity contribution in [2.45, 2.75) is 13.5 Å². The van der Waals surface area contributed by atoms with Crippen molar-refractivity contribution < 1.29 is 9.13 Å². The fourth-order valence-electron chi connectivity index (χ4n) is 1.11. The molecule has 15 heavy (non-hydrogen) atoms. The molecule has 0 radical (unpaired) electrons. The van der Waals surface area contributed by atoms with Crippen LogP contribution in [0.15, 0.2) is 29.3 Å². The van der Waals surface area contributed by atoms with E-state index in [9.17, 15) is 4.39 Å². The van der Waals surface area contributed by atoms with Crippen molar-refractivity contribution >= 4 is 5.84 Å². The zero-order valence-corrected chi connectivity index (χ0v) is 8.74. The maximum atomic E-state index is 11.9. The molecule has 4 heteroatoms. The Morgan fingerprint density at radius 3 is 3.00 bits per heavy atom. The lowest BCUT2D eigenvalue weighted by Crippen LogP contribution is -2.05. The van der Waals surface area contributed by atoms with E-state index < -0.39 is 6.67 Å². The molecule has 0 aliphatic carbocycles. The first-order chi connectivity index (χ1) is 7.22. The molecule has 0 aliphatic heterocycles. The van der Waals surface area contributed by atoms with E-state index in [-0.39, 0.29) is 6.61 Å². The van der Waals surface area contributed by atoms with Gasteiger partial charge in [0.25, 0.3) is 0 Å². The van der Waals surface area contributed by atoms with Crippen LogP contribution in [0, 0.1) is 0 Å². The summed E-state index contributed by atoms with van der Waals surface area (Å²) < 4.78 is 17.0. The minimum absolute atomic E-state index is 0.0860. The Morgan fingerprint density at radius 1 is 1.53 bits per heavy atom. The van der Waals surface area contributed by atoms with Gasteiger partial charge in [-0.1, -0.05) is 12.1 Å². The fraction of sp³-hybridized carbons (Fsp3) is 0.364. The third-order valence-corrected chi connectivity index (χ3v) is 1.76. The first kappa shape index (κ1) is 11.5. The third-order valence-electron chi connectivity index (χ3n) is 1.76. The SMILES string of the molecule is CC(N)=NCc1cccc(OCC[18F])c1. The molecule has 2 N–H and O–H groups in total. The van der Waals surface area contributed by atoms with E-state index in [1.54, 1.807) is 13.0 Å². The van der Waals surface area contributed by atoms with Crippen molar-refractivity contribution in [3.8, 4) is 5.75 Å². The van der Waals surface area contributed by atoms with Gasteiger partial charge in [0, 0.05) is 0 Å². The smallest absolute Gasteiger partial charge is 0.123 e. The number of amidine groups is 1. The molecule has 1 rings (SSSR count). The molecule has 0 bridgehead atoms. The van der Waals surface area contributed by atoms with Gasteiger partial charge in [0.2, 0.25) is 0 Å². The van der Waals surface area contributed by atoms with E-state index in [0.29, 0.717) is 18.1 Å². The quantitative estimate of drug-likeness (QED) is 0.595. The number of aliphatic imine (C=N–C) groups is 1. The second-order valence-electron chi connectivity index (χ2n) is 3.14. The predicted octanol–water partition coefficient (Wildman–Crippen LogP) is 1.91. The van der Waals surface area contributed by atoms with E-state index in [1.807, 2.05) is 18.2 Å². The zero-order valence-electron chi connectivity index (χ0n) is 8.74. The molecule has 0 amide bonds. The average Bonchev–Trinajstić information content (AvgIpc) is 2.24. The van der Waals surface area contributed by atoms with Crippen molar-refractivity contribution in [2.75, 3.05) is 13.3 Å². The van der Waals surface area contributed by atoms with Crippen LogP contribution in [-0.2, 0) is 6.54 Å². The van der Waals surface area contributed by atoms with E-state index in [1.165, 1.54) is 0 Å². The number of nitrogens with zero attached hydrogens (tertiary/aromatic N) is 1. The second kappa shape index (κ2) is 6.01. The Balaban J connectivity index is 2.61. The van der Waals surface area contributed by atoms with Gasteiger partial charge < -0.3 is 10.5 Å². The summed E-state index contributed by atoms with van der Waals surface area (Å²) in [4.78, 5) is 4.08. The first-order valence-electron chi connectivity index (χ1n) is 4.76. The van der Waals surface area contributed by atoms with Gasteiger partial charge in [-0.3, -0.25) is 4.99 Å². The van der Waals surface area contributed by atoms with Gasteiger partial charge in [0.15, 0.2) is 0 Å². The van der Waals surface area contributed by atoms with Crippen LogP contribution < -0.4 is 10.5 Å². The van der Waals surface area contributed by atoms with E-state index in [0.717, 1.165) is 5.56 Å². The Labute approximate surface area is 88.8 Å². The van der Waals surface area contributed by atoms with Crippen molar-refractivity contribution in [3.63, 3.8) is 0 Å². The normalized spacial score (nSPS) is 11.5. The second-order valence-corrected chi connectivity index (χ2v) is 3.14. The van der Waals surface area contributed by atoms with Gasteiger partial charge in [-0.05, 0) is 24.6 Å². The molecule has 3 nitrogen and oxygen atoms in total. The van der Waals surface area contributed by atoms with Crippen LogP contribution in [0.5, 0.6) is 5.75 Å². The number of rotatable bonds is 5. The van der Waals surface area contributed by atoms with Gasteiger partial charge in [-0.2, -0.15) is 0 Å². The molecule has 0 fully saturated rings. The van der Waals surface area contributed by atoms with Crippen molar-refractivity contribution in [1.82, 2.24) is 0 Å². The van der Waals surface area contributed by atoms with Crippen LogP contribution in [0.2, 0.25) is 0 Å². The Kier molecular flexibility index (Phi) is 4.60. The summed E-state index contributed by atoms with van der Waals surface area (Å²) in [6, 6.07) is 7.40. The average molecular weight is 209 g/mol. The van der Waals surface area contributed by atoms with Crippen LogP contribution in [0.3, 0.4) is 0 Å². The molecule has 0 spiro atoms. The Morgan fingerprint density at radius 2 is 2.33 bits per heavy atom. The van der Waals surface area contributed by atoms with Crippen molar-refractivity contribution in [2.24, 2.45) is 10.7 Å². The molecule has 1 aromatic rings. The minimum atomic E-state index is -0.482. The number of ether oxygens (including phenoxy) is 1. The largest absolute Gasteiger partial charge is 0.491 e. The number of alkyl halides is 1. The lowest BCUT2D eigenvalue weighted by molar-refractivity contribution is 0.273. The number of halogens is 1. The summed E-state index contributed by atoms with van der Waals surface area (Å²) in [5, 5.41) is 0. The van der Waals surface area contributed by atoms with Crippen LogP contribution in [0.25, 0.3) is 0 Å². The van der Waals surface area contributed by atoms with Gasteiger partial charge >= 0.3 is 0 Å². The van der Waals surface area contributed by atoms with Crippen LogP contribution in [0.1, 0.15) is 12.5 Å². The molecule has 0 unspecified atom stereocenters. The Hall–Kier alpha value is -1.58. The van der Waals surface area contributed by atoms with Gasteiger partial charge in [0.05, 0.1) is 12.4 Å². The zero-order chi connectivity index (χ0) is 11.1. The topological polar surface area (TPSA) is 47.6 Å². The van der Waals surface area contributed by atoms with Crippen molar-refractivity contribution in [3.05, 3.63) is 29.8 Å². The summed E-state index contributed by atoms with van der Waals surface area (Å²) in [6.45, 7) is 1.87. The molecule has 82 valence electrons. The predicted molar refractivity (Wildman–Crippen MR) is 58.9 cm³/mol. The summed E-state index contributed by atoms with van der Waals surface area (Å²) >= 11 is 0. The lowest BCUT2D eigenvalue weighted by Gasteiger charge is -2.04. The maximum absolute atomic E-state index is 11.9. The van der Waals surface area contributed by atoms with E-state index >= 15 is 0 Å². The molecule has 0 aromatic heterocycles. The van der Waals surface area contributed by atoms with E-state index in [2.05, 4.69) is 4.99 Å². The van der Waals surface area contributed by atoms with Crippen LogP contribution >= 0.6 is 0 Å². The standard InChI is InChI=1S/C11H15FN2O/c1-9(13)14-8-10-3-2-4-11(7-10)15-6-5-12/h2-4,7H,5-6,8H2,1H3,(H2,13,14)/i12-1. The highest BCUT2D eigenvalue weighted by Gasteiger charge is 1.96. The lowest BCUT2D eigenvalue weighted by atomic mass is 10.2. The summed E-state index contributed by atoms with van der Waals surface area (Å²) in [6.07, 6.45) is 0. The summed E-state index contributed by atoms with van der Waals surface area (Å²) in [5.74, 6) is 1.21. The Bertz CT molecular complexity index is 335. The molecule has 1 aromatic carbocycles. The summed E-state index contributed by atoms with van der Waals surface area (Å²) in [5.41, 5.74) is 6.42. The van der Waals surface area contributed by atoms with Crippen molar-refractivity contribution in [1.29, 1.82) is 0 Å².